The summed E-state index contributed by atoms with van der Waals surface area (Å²) in [5, 5.41) is 9.40. The maximum absolute atomic E-state index is 13.6. The van der Waals surface area contributed by atoms with Crippen molar-refractivity contribution in [2.75, 3.05) is 0 Å². The van der Waals surface area contributed by atoms with Crippen molar-refractivity contribution in [1.82, 2.24) is 34.3 Å². The minimum absolute atomic E-state index is 0. The van der Waals surface area contributed by atoms with Gasteiger partial charge in [0.1, 0.15) is 12.0 Å². The van der Waals surface area contributed by atoms with Gasteiger partial charge in [-0.1, -0.05) is 0 Å². The van der Waals surface area contributed by atoms with E-state index < -0.39 is 6.43 Å². The summed E-state index contributed by atoms with van der Waals surface area (Å²) in [5.41, 5.74) is 1.93. The van der Waals surface area contributed by atoms with E-state index in [4.69, 9.17) is 0 Å². The van der Waals surface area contributed by atoms with Gasteiger partial charge in [-0.3, -0.25) is 9.48 Å². The smallest absolute Gasteiger partial charge is 0.280 e. The van der Waals surface area contributed by atoms with E-state index in [1.54, 1.807) is 15.4 Å². The van der Waals surface area contributed by atoms with Gasteiger partial charge in [0.05, 0.1) is 17.4 Å². The number of alkyl halides is 2. The second-order valence-corrected chi connectivity index (χ2v) is 8.61. The van der Waals surface area contributed by atoms with Crippen molar-refractivity contribution in [3.8, 4) is 0 Å². The molecule has 4 aromatic rings. The minimum atomic E-state index is -2.70. The summed E-state index contributed by atoms with van der Waals surface area (Å²) in [4.78, 5) is 23.5. The number of carbonyl (C=O) groups is 1. The molecule has 35 heavy (non-hydrogen) atoms. The third-order valence-electron chi connectivity index (χ3n) is 6.95. The van der Waals surface area contributed by atoms with Gasteiger partial charge in [0.2, 0.25) is 0 Å². The molecule has 0 aliphatic carbocycles. The average Bonchev–Trinajstić information content (AvgIpc) is 3.49. The second-order valence-electron chi connectivity index (χ2n) is 8.61. The van der Waals surface area contributed by atoms with Crippen LogP contribution in [0.2, 0.25) is 0 Å². The van der Waals surface area contributed by atoms with E-state index in [1.165, 1.54) is 12.4 Å². The van der Waals surface area contributed by atoms with Crippen molar-refractivity contribution in [1.29, 1.82) is 0 Å². The molecule has 2 aliphatic rings. The third-order valence-corrected chi connectivity index (χ3v) is 6.95. The Labute approximate surface area is 221 Å². The SMILES string of the molecule is Cn1ncc2cc(C(=O)N3[C@H]4CC[C@H](c5cc(C(F)F)nc6ncnn56)[C@@H]3CC4)ccc21.S.S.S. The van der Waals surface area contributed by atoms with E-state index in [2.05, 4.69) is 20.2 Å². The molecule has 2 fully saturated rings. The summed E-state index contributed by atoms with van der Waals surface area (Å²) in [7, 11) is 1.87. The lowest BCUT2D eigenvalue weighted by Crippen LogP contribution is -2.47. The average molecular weight is 540 g/mol. The van der Waals surface area contributed by atoms with Gasteiger partial charge in [-0.05, 0) is 49.9 Å². The molecule has 3 atom stereocenters. The monoisotopic (exact) mass is 539 g/mol. The second kappa shape index (κ2) is 10.3. The molecule has 0 N–H and O–H groups in total. The van der Waals surface area contributed by atoms with Crippen molar-refractivity contribution < 1.29 is 13.6 Å². The van der Waals surface area contributed by atoms with Crippen LogP contribution >= 0.6 is 40.5 Å². The highest BCUT2D eigenvalue weighted by Crippen LogP contribution is 2.45. The summed E-state index contributed by atoms with van der Waals surface area (Å²) in [5.74, 6) is 0.0354. The number of halogens is 2. The zero-order valence-corrected chi connectivity index (χ0v) is 21.9. The minimum Gasteiger partial charge on any atom is -0.332 e. The van der Waals surface area contributed by atoms with Crippen LogP contribution in [0.1, 0.15) is 59.8 Å². The van der Waals surface area contributed by atoms with Crippen LogP contribution in [-0.2, 0) is 7.05 Å². The number of aromatic nitrogens is 6. The Balaban J connectivity index is 0.00000114. The fraction of sp³-hybridized carbons (Fsp3) is 0.409. The fourth-order valence-corrected chi connectivity index (χ4v) is 5.49. The zero-order valence-electron chi connectivity index (χ0n) is 18.9. The van der Waals surface area contributed by atoms with Crippen LogP contribution in [0.4, 0.5) is 8.78 Å². The first kappa shape index (κ1) is 27.2. The Morgan fingerprint density at radius 2 is 1.83 bits per heavy atom. The predicted octanol–water partition coefficient (Wildman–Crippen LogP) is 3.84. The van der Waals surface area contributed by atoms with Crippen LogP contribution in [0.3, 0.4) is 0 Å². The van der Waals surface area contributed by atoms with Crippen LogP contribution in [0.25, 0.3) is 16.7 Å². The quantitative estimate of drug-likeness (QED) is 0.395. The highest BCUT2D eigenvalue weighted by molar-refractivity contribution is 7.59. The first-order chi connectivity index (χ1) is 15.5. The number of aryl methyl sites for hydroxylation is 1. The van der Waals surface area contributed by atoms with Crippen molar-refractivity contribution >= 4 is 63.1 Å². The van der Waals surface area contributed by atoms with Crippen LogP contribution in [-0.4, -0.2) is 52.3 Å². The topological polar surface area (TPSA) is 81.2 Å². The summed E-state index contributed by atoms with van der Waals surface area (Å²) in [6, 6.07) is 7.15. The van der Waals surface area contributed by atoms with Gasteiger partial charge < -0.3 is 4.90 Å². The molecule has 13 heteroatoms. The Morgan fingerprint density at radius 1 is 1.06 bits per heavy atom. The molecule has 0 saturated carbocycles. The Morgan fingerprint density at radius 3 is 2.60 bits per heavy atom. The lowest BCUT2D eigenvalue weighted by atomic mass is 9.86. The summed E-state index contributed by atoms with van der Waals surface area (Å²) >= 11 is 0. The summed E-state index contributed by atoms with van der Waals surface area (Å²) in [6.45, 7) is 0. The highest BCUT2D eigenvalue weighted by atomic mass is 32.1. The van der Waals surface area contributed by atoms with Crippen LogP contribution in [0, 0.1) is 0 Å². The molecular weight excluding hydrogens is 512 g/mol. The van der Waals surface area contributed by atoms with Crippen molar-refractivity contribution in [2.45, 2.75) is 50.1 Å². The maximum Gasteiger partial charge on any atom is 0.280 e. The van der Waals surface area contributed by atoms with Gasteiger partial charge in [-0.25, -0.2) is 18.3 Å². The molecular formula is C22H27F2N7OS3. The molecule has 5 heterocycles. The first-order valence-corrected chi connectivity index (χ1v) is 10.7. The fourth-order valence-electron chi connectivity index (χ4n) is 5.49. The highest BCUT2D eigenvalue weighted by Gasteiger charge is 2.46. The third kappa shape index (κ3) is 4.38. The molecule has 2 aliphatic heterocycles. The molecule has 2 bridgehead atoms. The molecule has 0 radical (unpaired) electrons. The van der Waals surface area contributed by atoms with Gasteiger partial charge in [0.25, 0.3) is 18.1 Å². The van der Waals surface area contributed by atoms with E-state index in [0.29, 0.717) is 11.3 Å². The number of benzene rings is 1. The number of carbonyl (C=O) groups excluding carboxylic acids is 1. The van der Waals surface area contributed by atoms with E-state index in [9.17, 15) is 13.6 Å². The zero-order chi connectivity index (χ0) is 22.0. The van der Waals surface area contributed by atoms with E-state index in [-0.39, 0.29) is 75.9 Å². The Kier molecular flexibility index (Phi) is 8.02. The van der Waals surface area contributed by atoms with Crippen molar-refractivity contribution in [2.24, 2.45) is 7.05 Å². The maximum atomic E-state index is 13.6. The number of hydrogen-bond acceptors (Lipinski definition) is 5. The van der Waals surface area contributed by atoms with Crippen LogP contribution < -0.4 is 0 Å². The largest absolute Gasteiger partial charge is 0.332 e. The van der Waals surface area contributed by atoms with Gasteiger partial charge in [-0.2, -0.15) is 55.7 Å². The molecule has 2 saturated heterocycles. The van der Waals surface area contributed by atoms with Gasteiger partial charge in [0, 0.05) is 36.0 Å². The molecule has 188 valence electrons. The molecule has 1 amide bonds. The lowest BCUT2D eigenvalue weighted by Gasteiger charge is -2.40. The first-order valence-electron chi connectivity index (χ1n) is 10.7. The molecule has 0 unspecified atom stereocenters. The van der Waals surface area contributed by atoms with E-state index in [1.807, 2.05) is 30.1 Å². The number of nitrogens with zero attached hydrogens (tertiary/aromatic N) is 7. The number of piperidine rings is 1. The van der Waals surface area contributed by atoms with Crippen molar-refractivity contribution in [3.05, 3.63) is 53.7 Å². The molecule has 8 nitrogen and oxygen atoms in total. The Hall–Kier alpha value is -2.38. The van der Waals surface area contributed by atoms with Gasteiger partial charge in [0.15, 0.2) is 0 Å². The van der Waals surface area contributed by atoms with Crippen molar-refractivity contribution in [3.63, 3.8) is 0 Å². The molecule has 1 aromatic carbocycles. The standard InChI is InChI=1S/C22H21F2N7O.3H2S/c1-29-17-6-2-12(8-13(17)10-26-29)21(32)30-14-3-5-15(18(30)7-4-14)19-9-16(20(23)24)28-22-25-11-27-31(19)22;;;/h2,6,8-11,14-15,18,20H,3-5,7H2,1H3;3*1H2/t14-,15-,18-;;;/m0.../s1. The van der Waals surface area contributed by atoms with Gasteiger partial charge in [-0.15, -0.1) is 0 Å². The van der Waals surface area contributed by atoms with E-state index >= 15 is 0 Å². The number of rotatable bonds is 3. The molecule has 3 aromatic heterocycles. The molecule has 0 spiro atoms. The summed E-state index contributed by atoms with van der Waals surface area (Å²) < 4.78 is 30.3. The Bertz CT molecular complexity index is 1360. The number of fused-ring (bicyclic) bond motifs is 4. The predicted molar refractivity (Wildman–Crippen MR) is 143 cm³/mol. The molecule has 6 rings (SSSR count). The van der Waals surface area contributed by atoms with Crippen LogP contribution in [0.15, 0.2) is 36.8 Å². The summed E-state index contributed by atoms with van der Waals surface area (Å²) in [6.07, 6.45) is 3.76. The van der Waals surface area contributed by atoms with Gasteiger partial charge >= 0.3 is 0 Å². The van der Waals surface area contributed by atoms with E-state index in [0.717, 1.165) is 36.6 Å². The number of amides is 1. The lowest BCUT2D eigenvalue weighted by molar-refractivity contribution is 0.0554. The number of hydrogen-bond donors (Lipinski definition) is 0. The van der Waals surface area contributed by atoms with Crippen LogP contribution in [0.5, 0.6) is 0 Å². The normalized spacial score (nSPS) is 21.0.